The predicted octanol–water partition coefficient (Wildman–Crippen LogP) is 3.42. The van der Waals surface area contributed by atoms with Gasteiger partial charge in [0.2, 0.25) is 0 Å². The number of ether oxygens (including phenoxy) is 1. The normalized spacial score (nSPS) is 21.8. The number of ketones is 1. The monoisotopic (exact) mass is 365 g/mol. The summed E-state index contributed by atoms with van der Waals surface area (Å²) in [4.78, 5) is 21.4. The van der Waals surface area contributed by atoms with E-state index >= 15 is 0 Å². The van der Waals surface area contributed by atoms with Gasteiger partial charge in [0, 0.05) is 31.8 Å². The van der Waals surface area contributed by atoms with Crippen LogP contribution in [0.2, 0.25) is 0 Å². The molecule has 2 heterocycles. The highest BCUT2D eigenvalue weighted by molar-refractivity contribution is 6.44. The number of nitrogens with zero attached hydrogens (tertiary/aromatic N) is 3. The summed E-state index contributed by atoms with van der Waals surface area (Å²) in [5.74, 6) is 1.63. The first-order valence-corrected chi connectivity index (χ1v) is 9.31. The van der Waals surface area contributed by atoms with Crippen LogP contribution in [0.15, 0.2) is 53.9 Å². The molecule has 4 bridgehead atoms. The molecule has 0 aromatic heterocycles. The van der Waals surface area contributed by atoms with Crippen molar-refractivity contribution in [3.8, 4) is 5.75 Å². The number of rotatable bonds is 1. The van der Waals surface area contributed by atoms with Gasteiger partial charge in [0.25, 0.3) is 0 Å². The largest absolute Gasteiger partial charge is 0.492 e. The van der Waals surface area contributed by atoms with E-state index in [1.807, 2.05) is 37.2 Å². The van der Waals surface area contributed by atoms with Gasteiger partial charge in [-0.3, -0.25) is 4.79 Å². The van der Waals surface area contributed by atoms with E-state index in [-0.39, 0.29) is 5.78 Å². The van der Waals surface area contributed by atoms with E-state index in [1.165, 1.54) is 0 Å². The van der Waals surface area contributed by atoms with Crippen molar-refractivity contribution < 1.29 is 9.53 Å². The van der Waals surface area contributed by atoms with Crippen molar-refractivity contribution in [2.75, 3.05) is 33.8 Å². The third kappa shape index (κ3) is 4.55. The maximum atomic E-state index is 12.6. The molecular formula is C22H27N3O2. The summed E-state index contributed by atoms with van der Waals surface area (Å²) in [6, 6.07) is 6.14. The molecule has 0 fully saturated rings. The summed E-state index contributed by atoms with van der Waals surface area (Å²) in [7, 11) is 3.98. The van der Waals surface area contributed by atoms with Crippen LogP contribution in [-0.4, -0.2) is 55.1 Å². The number of likely N-dealkylation sites (N-methyl/N-ethyl adjacent to an activating group) is 1. The van der Waals surface area contributed by atoms with Crippen LogP contribution in [-0.2, 0) is 4.79 Å². The zero-order valence-electron chi connectivity index (χ0n) is 16.4. The molecule has 0 aliphatic carbocycles. The van der Waals surface area contributed by atoms with Crippen LogP contribution >= 0.6 is 0 Å². The van der Waals surface area contributed by atoms with Gasteiger partial charge in [-0.25, -0.2) is 4.99 Å². The number of allylic oxidation sites excluding steroid dienone is 3. The van der Waals surface area contributed by atoms with E-state index in [2.05, 4.69) is 29.6 Å². The molecule has 5 heteroatoms. The number of hydrogen-bond donors (Lipinski definition) is 0. The van der Waals surface area contributed by atoms with Gasteiger partial charge in [-0.05, 0) is 56.3 Å². The first-order valence-electron chi connectivity index (χ1n) is 9.31. The first kappa shape index (κ1) is 19.1. The Hall–Kier alpha value is -2.66. The van der Waals surface area contributed by atoms with Gasteiger partial charge in [0.05, 0.1) is 0 Å². The van der Waals surface area contributed by atoms with E-state index < -0.39 is 0 Å². The van der Waals surface area contributed by atoms with Crippen molar-refractivity contribution in [2.24, 2.45) is 4.99 Å². The Labute approximate surface area is 161 Å². The highest BCUT2D eigenvalue weighted by atomic mass is 16.5. The third-order valence-electron chi connectivity index (χ3n) is 4.79. The number of aliphatic imine (C=N–C) groups is 1. The average molecular weight is 365 g/mol. The second-order valence-electron chi connectivity index (χ2n) is 7.08. The summed E-state index contributed by atoms with van der Waals surface area (Å²) < 4.78 is 5.99. The number of aryl methyl sites for hydroxylation is 1. The molecule has 1 aromatic rings. The Kier molecular flexibility index (Phi) is 5.91. The summed E-state index contributed by atoms with van der Waals surface area (Å²) in [5, 5.41) is 0. The van der Waals surface area contributed by atoms with Crippen LogP contribution in [0.1, 0.15) is 24.0 Å². The second-order valence-corrected chi connectivity index (χ2v) is 7.08. The molecule has 2 aliphatic heterocycles. The van der Waals surface area contributed by atoms with E-state index in [9.17, 15) is 4.79 Å². The molecule has 0 saturated carbocycles. The van der Waals surface area contributed by atoms with Crippen LogP contribution in [0.5, 0.6) is 5.75 Å². The fraction of sp³-hybridized carbons (Fsp3) is 0.364. The number of carbonyl (C=O) groups is 1. The van der Waals surface area contributed by atoms with Crippen molar-refractivity contribution >= 4 is 17.1 Å². The molecule has 0 N–H and O–H groups in total. The standard InChI is InChI=1S/C22H27N3O2/c1-5-19-17-13-16(2)14-18(15-17)27-12-11-24(3)9-6-7-21(26)20-8-10-25(4)22(19)23-20/h5,8,10,13-15H,1,6-7,9,11-12H2,2-4H3/b22-19+. The fourth-order valence-electron chi connectivity index (χ4n) is 3.28. The van der Waals surface area contributed by atoms with Crippen molar-refractivity contribution in [3.63, 3.8) is 0 Å². The molecule has 5 nitrogen and oxygen atoms in total. The lowest BCUT2D eigenvalue weighted by Crippen LogP contribution is -2.26. The molecule has 142 valence electrons. The zero-order valence-corrected chi connectivity index (χ0v) is 16.4. The van der Waals surface area contributed by atoms with Crippen LogP contribution < -0.4 is 4.74 Å². The lowest BCUT2D eigenvalue weighted by molar-refractivity contribution is -0.113. The SMILES string of the molecule is C=C/C1=C2/N=C(C=CN2C)C(=O)CCCN(C)CCOc2cc(C)cc1c2. The molecular weight excluding hydrogens is 338 g/mol. The summed E-state index contributed by atoms with van der Waals surface area (Å²) in [6.45, 7) is 8.31. The van der Waals surface area contributed by atoms with Gasteiger partial charge in [-0.2, -0.15) is 0 Å². The molecule has 3 rings (SSSR count). The molecule has 0 spiro atoms. The van der Waals surface area contributed by atoms with Crippen molar-refractivity contribution in [1.29, 1.82) is 0 Å². The predicted molar refractivity (Wildman–Crippen MR) is 110 cm³/mol. The van der Waals surface area contributed by atoms with Crippen molar-refractivity contribution in [1.82, 2.24) is 9.80 Å². The lowest BCUT2D eigenvalue weighted by Gasteiger charge is -2.22. The van der Waals surface area contributed by atoms with Crippen LogP contribution in [0, 0.1) is 6.92 Å². The fourth-order valence-corrected chi connectivity index (χ4v) is 3.28. The molecule has 0 radical (unpaired) electrons. The second kappa shape index (κ2) is 8.35. The van der Waals surface area contributed by atoms with Gasteiger partial charge < -0.3 is 14.5 Å². The minimum atomic E-state index is 0.0738. The maximum absolute atomic E-state index is 12.6. The molecule has 0 atom stereocenters. The van der Waals surface area contributed by atoms with Gasteiger partial charge >= 0.3 is 0 Å². The summed E-state index contributed by atoms with van der Waals surface area (Å²) in [5.41, 5.74) is 3.47. The van der Waals surface area contributed by atoms with E-state index in [0.717, 1.165) is 47.8 Å². The van der Waals surface area contributed by atoms with E-state index in [0.29, 0.717) is 18.7 Å². The Morgan fingerprint density at radius 2 is 2.04 bits per heavy atom. The Morgan fingerprint density at radius 1 is 1.22 bits per heavy atom. The van der Waals surface area contributed by atoms with Crippen molar-refractivity contribution in [2.45, 2.75) is 19.8 Å². The average Bonchev–Trinajstić information content (AvgIpc) is 2.63. The maximum Gasteiger partial charge on any atom is 0.181 e. The Bertz CT molecular complexity index is 836. The van der Waals surface area contributed by atoms with Crippen LogP contribution in [0.25, 0.3) is 5.57 Å². The molecule has 27 heavy (non-hydrogen) atoms. The molecule has 0 unspecified atom stereocenters. The Morgan fingerprint density at radius 3 is 2.81 bits per heavy atom. The number of fused-ring (bicyclic) bond motifs is 3. The summed E-state index contributed by atoms with van der Waals surface area (Å²) >= 11 is 0. The van der Waals surface area contributed by atoms with Crippen LogP contribution in [0.3, 0.4) is 0 Å². The van der Waals surface area contributed by atoms with Gasteiger partial charge in [0.15, 0.2) is 5.78 Å². The van der Waals surface area contributed by atoms with Gasteiger partial charge in [-0.1, -0.05) is 18.7 Å². The van der Waals surface area contributed by atoms with E-state index in [4.69, 9.17) is 4.74 Å². The molecule has 2 aliphatic rings. The Balaban J connectivity index is 2.11. The van der Waals surface area contributed by atoms with Crippen molar-refractivity contribution in [3.05, 3.63) is 60.1 Å². The topological polar surface area (TPSA) is 45.1 Å². The first-order chi connectivity index (χ1) is 13.0. The zero-order chi connectivity index (χ0) is 19.4. The minimum Gasteiger partial charge on any atom is -0.492 e. The third-order valence-corrected chi connectivity index (χ3v) is 4.79. The van der Waals surface area contributed by atoms with Crippen LogP contribution in [0.4, 0.5) is 0 Å². The van der Waals surface area contributed by atoms with Gasteiger partial charge in [-0.15, -0.1) is 0 Å². The number of carbonyl (C=O) groups excluding carboxylic acids is 1. The molecule has 0 amide bonds. The summed E-state index contributed by atoms with van der Waals surface area (Å²) in [6.07, 6.45) is 6.76. The smallest absolute Gasteiger partial charge is 0.181 e. The lowest BCUT2D eigenvalue weighted by atomic mass is 10.0. The number of benzene rings is 1. The number of hydrogen-bond acceptors (Lipinski definition) is 5. The molecule has 0 saturated heterocycles. The highest BCUT2D eigenvalue weighted by Crippen LogP contribution is 2.29. The quantitative estimate of drug-likeness (QED) is 0.765. The highest BCUT2D eigenvalue weighted by Gasteiger charge is 2.19. The number of Topliss-reactive ketones (excluding diaryl/α,β-unsaturated/α-hetero) is 1. The van der Waals surface area contributed by atoms with E-state index in [1.54, 1.807) is 12.2 Å². The minimum absolute atomic E-state index is 0.0738. The molecule has 1 aromatic carbocycles. The van der Waals surface area contributed by atoms with Gasteiger partial charge in [0.1, 0.15) is 23.9 Å².